The maximum Gasteiger partial charge on any atom is 0.303 e. The van der Waals surface area contributed by atoms with Crippen LogP contribution in [0.2, 0.25) is 0 Å². The van der Waals surface area contributed by atoms with Crippen LogP contribution in [0.1, 0.15) is 23.4 Å². The average molecular weight is 385 g/mol. The molecule has 0 atom stereocenters. The second kappa shape index (κ2) is 8.51. The molecule has 3 aromatic rings. The lowest BCUT2D eigenvalue weighted by atomic mass is 10.1. The van der Waals surface area contributed by atoms with Crippen molar-refractivity contribution < 1.29 is 23.8 Å². The zero-order valence-electron chi connectivity index (χ0n) is 15.6. The number of carboxylic acids is 1. The van der Waals surface area contributed by atoms with Crippen LogP contribution in [-0.2, 0) is 17.8 Å². The number of nitrogens with zero attached hydrogens (tertiary/aromatic N) is 3. The van der Waals surface area contributed by atoms with Gasteiger partial charge in [0.05, 0.1) is 12.8 Å². The van der Waals surface area contributed by atoms with E-state index in [-0.39, 0.29) is 18.7 Å². The molecule has 0 spiro atoms. The van der Waals surface area contributed by atoms with Crippen molar-refractivity contribution in [1.82, 2.24) is 15.0 Å². The summed E-state index contributed by atoms with van der Waals surface area (Å²) >= 11 is 0. The topological polar surface area (TPSA) is 86.5 Å². The van der Waals surface area contributed by atoms with E-state index >= 15 is 0 Å². The number of carbonyl (C=O) groups is 1. The summed E-state index contributed by atoms with van der Waals surface area (Å²) in [6.45, 7) is 1.93. The Bertz CT molecular complexity index is 987. The Kier molecular flexibility index (Phi) is 5.88. The highest BCUT2D eigenvalue weighted by Gasteiger charge is 2.15. The highest BCUT2D eigenvalue weighted by Crippen LogP contribution is 2.22. The van der Waals surface area contributed by atoms with Crippen LogP contribution >= 0.6 is 0 Å². The van der Waals surface area contributed by atoms with E-state index in [4.69, 9.17) is 14.6 Å². The quantitative estimate of drug-likeness (QED) is 0.640. The second-order valence-corrected chi connectivity index (χ2v) is 6.18. The van der Waals surface area contributed by atoms with E-state index in [2.05, 4.69) is 10.3 Å². The molecule has 0 unspecified atom stereocenters. The average Bonchev–Trinajstić information content (AvgIpc) is 3.06. The third-order valence-corrected chi connectivity index (χ3v) is 4.27. The zero-order valence-corrected chi connectivity index (χ0v) is 15.6. The summed E-state index contributed by atoms with van der Waals surface area (Å²) in [7, 11) is 1.51. The predicted molar refractivity (Wildman–Crippen MR) is 99.3 cm³/mol. The third kappa shape index (κ3) is 4.46. The second-order valence-electron chi connectivity index (χ2n) is 6.18. The molecule has 0 aliphatic carbocycles. The molecular formula is C20H20FN3O4. The van der Waals surface area contributed by atoms with Crippen molar-refractivity contribution in [3.8, 4) is 17.2 Å². The number of halogens is 1. The largest absolute Gasteiger partial charge is 0.497 e. The molecule has 0 aliphatic rings. The summed E-state index contributed by atoms with van der Waals surface area (Å²) in [5.74, 6) is -0.164. The lowest BCUT2D eigenvalue weighted by molar-refractivity contribution is -0.136. The Morgan fingerprint density at radius 3 is 2.79 bits per heavy atom. The minimum absolute atomic E-state index is 0.0585. The molecule has 0 aliphatic heterocycles. The summed E-state index contributed by atoms with van der Waals surface area (Å²) in [5, 5.41) is 16.9. The molecule has 1 aromatic heterocycles. The lowest BCUT2D eigenvalue weighted by Crippen LogP contribution is -2.04. The molecular weight excluding hydrogens is 365 g/mol. The van der Waals surface area contributed by atoms with Crippen LogP contribution in [0.3, 0.4) is 0 Å². The number of benzene rings is 2. The Morgan fingerprint density at radius 1 is 1.21 bits per heavy atom. The molecule has 28 heavy (non-hydrogen) atoms. The number of hydrogen-bond acceptors (Lipinski definition) is 5. The van der Waals surface area contributed by atoms with Gasteiger partial charge in [-0.2, -0.15) is 0 Å². The van der Waals surface area contributed by atoms with Crippen LogP contribution in [0.5, 0.6) is 11.5 Å². The molecule has 2 aromatic carbocycles. The normalized spacial score (nSPS) is 10.7. The molecule has 3 rings (SSSR count). The van der Waals surface area contributed by atoms with Crippen molar-refractivity contribution in [3.63, 3.8) is 0 Å². The Labute approximate surface area is 161 Å². The van der Waals surface area contributed by atoms with Gasteiger partial charge in [0.2, 0.25) is 0 Å². The van der Waals surface area contributed by atoms with Gasteiger partial charge in [0.15, 0.2) is 0 Å². The number of rotatable bonds is 8. The fourth-order valence-corrected chi connectivity index (χ4v) is 2.70. The number of hydrogen-bond donors (Lipinski definition) is 1. The molecule has 0 saturated carbocycles. The van der Waals surface area contributed by atoms with E-state index in [1.807, 2.05) is 12.1 Å². The van der Waals surface area contributed by atoms with Crippen molar-refractivity contribution in [2.45, 2.75) is 26.4 Å². The first-order chi connectivity index (χ1) is 13.5. The fraction of sp³-hybridized carbons (Fsp3) is 0.250. The van der Waals surface area contributed by atoms with Crippen molar-refractivity contribution in [2.24, 2.45) is 0 Å². The van der Waals surface area contributed by atoms with Gasteiger partial charge in [-0.15, -0.1) is 5.10 Å². The summed E-state index contributed by atoms with van der Waals surface area (Å²) in [4.78, 5) is 10.7. The van der Waals surface area contributed by atoms with Gasteiger partial charge in [0.25, 0.3) is 0 Å². The minimum Gasteiger partial charge on any atom is -0.497 e. The maximum atomic E-state index is 14.2. The lowest BCUT2D eigenvalue weighted by Gasteiger charge is -2.09. The van der Waals surface area contributed by atoms with Crippen LogP contribution in [0.25, 0.3) is 5.69 Å². The molecule has 146 valence electrons. The Hall–Kier alpha value is -3.42. The highest BCUT2D eigenvalue weighted by molar-refractivity contribution is 5.67. The van der Waals surface area contributed by atoms with Crippen LogP contribution in [0.15, 0.2) is 42.5 Å². The van der Waals surface area contributed by atoms with E-state index < -0.39 is 11.8 Å². The van der Waals surface area contributed by atoms with Crippen LogP contribution in [-0.4, -0.2) is 33.2 Å². The van der Waals surface area contributed by atoms with Crippen molar-refractivity contribution in [1.29, 1.82) is 0 Å². The first-order valence-corrected chi connectivity index (χ1v) is 8.66. The van der Waals surface area contributed by atoms with Gasteiger partial charge in [-0.3, -0.25) is 4.79 Å². The Balaban J connectivity index is 1.73. The molecule has 0 saturated heterocycles. The summed E-state index contributed by atoms with van der Waals surface area (Å²) in [5.41, 5.74) is 2.33. The van der Waals surface area contributed by atoms with E-state index in [1.165, 1.54) is 23.9 Å². The van der Waals surface area contributed by atoms with E-state index in [1.54, 1.807) is 25.1 Å². The van der Waals surface area contributed by atoms with Crippen molar-refractivity contribution in [2.75, 3.05) is 7.11 Å². The molecule has 0 bridgehead atoms. The van der Waals surface area contributed by atoms with Gasteiger partial charge >= 0.3 is 5.97 Å². The first-order valence-electron chi connectivity index (χ1n) is 8.66. The number of aliphatic carboxylic acids is 1. The van der Waals surface area contributed by atoms with E-state index in [0.29, 0.717) is 29.3 Å². The summed E-state index contributed by atoms with van der Waals surface area (Å²) in [6, 6.07) is 11.6. The third-order valence-electron chi connectivity index (χ3n) is 4.27. The molecule has 7 nitrogen and oxygen atoms in total. The van der Waals surface area contributed by atoms with Gasteiger partial charge in [-0.25, -0.2) is 9.07 Å². The van der Waals surface area contributed by atoms with Crippen LogP contribution in [0.4, 0.5) is 4.39 Å². The van der Waals surface area contributed by atoms with Crippen molar-refractivity contribution >= 4 is 5.97 Å². The van der Waals surface area contributed by atoms with Gasteiger partial charge in [-0.1, -0.05) is 17.3 Å². The fourth-order valence-electron chi connectivity index (χ4n) is 2.70. The van der Waals surface area contributed by atoms with Gasteiger partial charge in [-0.05, 0) is 43.2 Å². The molecule has 1 N–H and O–H groups in total. The maximum absolute atomic E-state index is 14.2. The zero-order chi connectivity index (χ0) is 20.1. The standard InChI is InChI=1S/C20H20FN3O4/c1-13-18(12-28-16-5-3-4-14(10-16)6-9-20(25)26)22-23-24(13)19-11-15(27-2)7-8-17(19)21/h3-5,7-8,10-11H,6,9,12H2,1-2H3,(H,25,26). The molecule has 8 heteroatoms. The van der Waals surface area contributed by atoms with Crippen LogP contribution in [0, 0.1) is 12.7 Å². The number of ether oxygens (including phenoxy) is 2. The number of carboxylic acid groups (broad SMARTS) is 1. The first kappa shape index (κ1) is 19.3. The molecule has 1 heterocycles. The Morgan fingerprint density at radius 2 is 2.04 bits per heavy atom. The summed E-state index contributed by atoms with van der Waals surface area (Å²) in [6.07, 6.45) is 0.486. The molecule has 0 radical (unpaired) electrons. The monoisotopic (exact) mass is 385 g/mol. The highest BCUT2D eigenvalue weighted by atomic mass is 19.1. The number of aryl methyl sites for hydroxylation is 1. The van der Waals surface area contributed by atoms with Gasteiger partial charge in [0.1, 0.15) is 35.3 Å². The molecule has 0 amide bonds. The number of methoxy groups -OCH3 is 1. The predicted octanol–water partition coefficient (Wildman–Crippen LogP) is 3.32. The SMILES string of the molecule is COc1ccc(F)c(-n2nnc(COc3cccc(CCC(=O)O)c3)c2C)c1. The van der Waals surface area contributed by atoms with Crippen LogP contribution < -0.4 is 9.47 Å². The summed E-state index contributed by atoms with van der Waals surface area (Å²) < 4.78 is 26.5. The van der Waals surface area contributed by atoms with Crippen molar-refractivity contribution in [3.05, 3.63) is 65.2 Å². The smallest absolute Gasteiger partial charge is 0.303 e. The minimum atomic E-state index is -0.844. The van der Waals surface area contributed by atoms with Gasteiger partial charge < -0.3 is 14.6 Å². The van der Waals surface area contributed by atoms with Gasteiger partial charge in [0, 0.05) is 12.5 Å². The number of aromatic nitrogens is 3. The van der Waals surface area contributed by atoms with E-state index in [0.717, 1.165) is 5.56 Å². The molecule has 0 fully saturated rings. The van der Waals surface area contributed by atoms with E-state index in [9.17, 15) is 9.18 Å².